The summed E-state index contributed by atoms with van der Waals surface area (Å²) in [5.74, 6) is -0.347. The molecule has 0 atom stereocenters. The molecule has 6 heteroatoms. The molecule has 0 aliphatic carbocycles. The molecule has 0 aliphatic heterocycles. The molecule has 0 unspecified atom stereocenters. The zero-order valence-corrected chi connectivity index (χ0v) is 12.7. The van der Waals surface area contributed by atoms with Gasteiger partial charge in [0.25, 0.3) is 0 Å². The van der Waals surface area contributed by atoms with Crippen LogP contribution in [0.5, 0.6) is 0 Å². The molecular formula is C16H14ClFN4. The number of hydrogen-bond acceptors (Lipinski definition) is 3. The van der Waals surface area contributed by atoms with Crippen LogP contribution in [0.15, 0.2) is 42.5 Å². The predicted octanol–water partition coefficient (Wildman–Crippen LogP) is 3.49. The van der Waals surface area contributed by atoms with Gasteiger partial charge in [-0.2, -0.15) is 0 Å². The molecule has 0 saturated carbocycles. The number of nitrogens with two attached hydrogens (primary N) is 1. The minimum atomic E-state index is -0.347. The van der Waals surface area contributed by atoms with E-state index in [1.54, 1.807) is 35.0 Å². The van der Waals surface area contributed by atoms with Gasteiger partial charge in [-0.3, -0.25) is 0 Å². The number of nitrogens with zero attached hydrogens (tertiary/aromatic N) is 3. The first-order valence-electron chi connectivity index (χ1n) is 6.78. The van der Waals surface area contributed by atoms with Crippen LogP contribution >= 0.6 is 11.6 Å². The second-order valence-corrected chi connectivity index (χ2v) is 5.35. The summed E-state index contributed by atoms with van der Waals surface area (Å²) in [4.78, 5) is 0. The molecule has 0 spiro atoms. The largest absolute Gasteiger partial charge is 0.325 e. The average molecular weight is 317 g/mol. The van der Waals surface area contributed by atoms with Crippen LogP contribution in [0.25, 0.3) is 16.9 Å². The number of aromatic nitrogens is 3. The van der Waals surface area contributed by atoms with Crippen LogP contribution in [0.3, 0.4) is 0 Å². The van der Waals surface area contributed by atoms with Crippen molar-refractivity contribution < 1.29 is 4.39 Å². The number of aryl methyl sites for hydroxylation is 1. The smallest absolute Gasteiger partial charge is 0.132 e. The number of rotatable bonds is 3. The monoisotopic (exact) mass is 316 g/mol. The molecule has 1 heterocycles. The van der Waals surface area contributed by atoms with Crippen LogP contribution in [-0.2, 0) is 6.54 Å². The van der Waals surface area contributed by atoms with Crippen molar-refractivity contribution in [2.75, 3.05) is 0 Å². The predicted molar refractivity (Wildman–Crippen MR) is 84.4 cm³/mol. The van der Waals surface area contributed by atoms with E-state index in [2.05, 4.69) is 10.3 Å². The van der Waals surface area contributed by atoms with Crippen LogP contribution in [0.2, 0.25) is 5.02 Å². The first-order chi connectivity index (χ1) is 10.6. The first kappa shape index (κ1) is 14.7. The van der Waals surface area contributed by atoms with Gasteiger partial charge in [0.2, 0.25) is 0 Å². The van der Waals surface area contributed by atoms with E-state index in [4.69, 9.17) is 17.3 Å². The standard InChI is InChI=1S/C16H14ClFN4/c1-10-6-7-11(17)8-15(10)22-16(14(9-19)20-21-22)12-4-2-3-5-13(12)18/h2-8H,9,19H2,1H3. The molecule has 1 aromatic heterocycles. The Balaban J connectivity index is 2.29. The minimum absolute atomic E-state index is 0.170. The van der Waals surface area contributed by atoms with Gasteiger partial charge in [0.15, 0.2) is 0 Å². The normalized spacial score (nSPS) is 10.9. The summed E-state index contributed by atoms with van der Waals surface area (Å²) in [6.07, 6.45) is 0. The summed E-state index contributed by atoms with van der Waals surface area (Å²) >= 11 is 6.08. The van der Waals surface area contributed by atoms with Gasteiger partial charge < -0.3 is 5.73 Å². The maximum atomic E-state index is 14.2. The second kappa shape index (κ2) is 5.87. The maximum absolute atomic E-state index is 14.2. The summed E-state index contributed by atoms with van der Waals surface area (Å²) in [7, 11) is 0. The molecule has 3 rings (SSSR count). The molecule has 4 nitrogen and oxygen atoms in total. The fourth-order valence-electron chi connectivity index (χ4n) is 2.35. The van der Waals surface area contributed by atoms with Crippen molar-refractivity contribution in [1.29, 1.82) is 0 Å². The Morgan fingerprint density at radius 3 is 2.73 bits per heavy atom. The molecule has 2 N–H and O–H groups in total. The zero-order chi connectivity index (χ0) is 15.7. The summed E-state index contributed by atoms with van der Waals surface area (Å²) in [6, 6.07) is 11.9. The Bertz CT molecular complexity index is 829. The van der Waals surface area contributed by atoms with Crippen molar-refractivity contribution in [3.63, 3.8) is 0 Å². The first-order valence-corrected chi connectivity index (χ1v) is 7.15. The van der Waals surface area contributed by atoms with Gasteiger partial charge >= 0.3 is 0 Å². The summed E-state index contributed by atoms with van der Waals surface area (Å²) in [5, 5.41) is 8.79. The number of benzene rings is 2. The van der Waals surface area contributed by atoms with Gasteiger partial charge in [0.1, 0.15) is 17.2 Å². The molecule has 0 amide bonds. The van der Waals surface area contributed by atoms with Gasteiger partial charge in [-0.15, -0.1) is 5.10 Å². The lowest BCUT2D eigenvalue weighted by molar-refractivity contribution is 0.629. The molecule has 0 aliphatic rings. The lowest BCUT2D eigenvalue weighted by Crippen LogP contribution is -2.05. The van der Waals surface area contributed by atoms with Gasteiger partial charge in [-0.1, -0.05) is 35.0 Å². The molecule has 0 bridgehead atoms. The molecule has 3 aromatic rings. The third kappa shape index (κ3) is 2.49. The molecule has 0 radical (unpaired) electrons. The lowest BCUT2D eigenvalue weighted by atomic mass is 10.1. The Labute approximate surface area is 132 Å². The third-order valence-electron chi connectivity index (χ3n) is 3.46. The SMILES string of the molecule is Cc1ccc(Cl)cc1-n1nnc(CN)c1-c1ccccc1F. The van der Waals surface area contributed by atoms with Crippen molar-refractivity contribution in [3.8, 4) is 16.9 Å². The van der Waals surface area contributed by atoms with Crippen molar-refractivity contribution in [1.82, 2.24) is 15.0 Å². The van der Waals surface area contributed by atoms with Crippen LogP contribution in [0.4, 0.5) is 4.39 Å². The minimum Gasteiger partial charge on any atom is -0.325 e. The number of hydrogen-bond donors (Lipinski definition) is 1. The molecule has 22 heavy (non-hydrogen) atoms. The van der Waals surface area contributed by atoms with Crippen molar-refractivity contribution >= 4 is 11.6 Å². The van der Waals surface area contributed by atoms with Gasteiger partial charge in [-0.25, -0.2) is 9.07 Å². The molecule has 2 aromatic carbocycles. The summed E-state index contributed by atoms with van der Waals surface area (Å²) < 4.78 is 15.8. The summed E-state index contributed by atoms with van der Waals surface area (Å²) in [6.45, 7) is 2.10. The van der Waals surface area contributed by atoms with Crippen LogP contribution in [0, 0.1) is 12.7 Å². The van der Waals surface area contributed by atoms with Crippen molar-refractivity contribution in [2.24, 2.45) is 5.73 Å². The Kier molecular flexibility index (Phi) is 3.92. The van der Waals surface area contributed by atoms with E-state index in [0.29, 0.717) is 22.0 Å². The Morgan fingerprint density at radius 2 is 2.00 bits per heavy atom. The highest BCUT2D eigenvalue weighted by Crippen LogP contribution is 2.29. The van der Waals surface area contributed by atoms with E-state index >= 15 is 0 Å². The number of halogens is 2. The van der Waals surface area contributed by atoms with Gasteiger partial charge in [-0.05, 0) is 36.8 Å². The van der Waals surface area contributed by atoms with E-state index in [-0.39, 0.29) is 12.4 Å². The van der Waals surface area contributed by atoms with Crippen molar-refractivity contribution in [2.45, 2.75) is 13.5 Å². The fourth-order valence-corrected chi connectivity index (χ4v) is 2.52. The summed E-state index contributed by atoms with van der Waals surface area (Å²) in [5.41, 5.74) is 8.92. The fraction of sp³-hybridized carbons (Fsp3) is 0.125. The highest BCUT2D eigenvalue weighted by molar-refractivity contribution is 6.30. The van der Waals surface area contributed by atoms with E-state index in [0.717, 1.165) is 11.3 Å². The maximum Gasteiger partial charge on any atom is 0.132 e. The quantitative estimate of drug-likeness (QED) is 0.804. The molecule has 0 saturated heterocycles. The van der Waals surface area contributed by atoms with E-state index in [9.17, 15) is 4.39 Å². The van der Waals surface area contributed by atoms with Crippen LogP contribution in [-0.4, -0.2) is 15.0 Å². The van der Waals surface area contributed by atoms with Crippen LogP contribution in [0.1, 0.15) is 11.3 Å². The van der Waals surface area contributed by atoms with Gasteiger partial charge in [0.05, 0.1) is 5.69 Å². The van der Waals surface area contributed by atoms with Crippen molar-refractivity contribution in [3.05, 3.63) is 64.6 Å². The zero-order valence-electron chi connectivity index (χ0n) is 11.9. The van der Waals surface area contributed by atoms with Crippen LogP contribution < -0.4 is 5.73 Å². The van der Waals surface area contributed by atoms with Gasteiger partial charge in [0, 0.05) is 17.1 Å². The average Bonchev–Trinajstić information content (AvgIpc) is 2.93. The highest BCUT2D eigenvalue weighted by atomic mass is 35.5. The second-order valence-electron chi connectivity index (χ2n) is 4.91. The lowest BCUT2D eigenvalue weighted by Gasteiger charge is -2.11. The molecule has 0 fully saturated rings. The molecule has 112 valence electrons. The topological polar surface area (TPSA) is 56.7 Å². The molecular weight excluding hydrogens is 303 g/mol. The van der Waals surface area contributed by atoms with E-state index < -0.39 is 0 Å². The Hall–Kier alpha value is -2.24. The highest BCUT2D eigenvalue weighted by Gasteiger charge is 2.19. The van der Waals surface area contributed by atoms with E-state index in [1.807, 2.05) is 13.0 Å². The third-order valence-corrected chi connectivity index (χ3v) is 3.70. The van der Waals surface area contributed by atoms with E-state index in [1.165, 1.54) is 6.07 Å². The Morgan fingerprint density at radius 1 is 1.23 bits per heavy atom.